The predicted octanol–water partition coefficient (Wildman–Crippen LogP) is 3.46. The smallest absolute Gasteiger partial charge is 0.293 e. The Morgan fingerprint density at radius 2 is 2.32 bits per heavy atom. The molecule has 0 radical (unpaired) electrons. The average molecular weight is 259 g/mol. The number of hydrogen-bond donors (Lipinski definition) is 1. The summed E-state index contributed by atoms with van der Waals surface area (Å²) < 4.78 is 0. The molecule has 2 unspecified atom stereocenters. The van der Waals surface area contributed by atoms with Crippen LogP contribution in [-0.2, 0) is 0 Å². The molecule has 0 aliphatic heterocycles. The second kappa shape index (κ2) is 5.70. The Morgan fingerprint density at radius 1 is 1.53 bits per heavy atom. The van der Waals surface area contributed by atoms with Crippen molar-refractivity contribution in [1.29, 1.82) is 5.26 Å². The third kappa shape index (κ3) is 2.84. The van der Waals surface area contributed by atoms with Crippen molar-refractivity contribution in [2.24, 2.45) is 5.92 Å². The first-order valence-corrected chi connectivity index (χ1v) is 6.60. The molecule has 0 heterocycles. The lowest BCUT2D eigenvalue weighted by Crippen LogP contribution is -2.23. The van der Waals surface area contributed by atoms with Crippen molar-refractivity contribution in [3.63, 3.8) is 0 Å². The lowest BCUT2D eigenvalue weighted by molar-refractivity contribution is -0.384. The summed E-state index contributed by atoms with van der Waals surface area (Å²) in [6, 6.07) is 6.82. The van der Waals surface area contributed by atoms with E-state index in [1.807, 2.05) is 6.07 Å². The van der Waals surface area contributed by atoms with Gasteiger partial charge >= 0.3 is 0 Å². The third-order valence-electron chi connectivity index (χ3n) is 3.85. The average Bonchev–Trinajstić information content (AvgIpc) is 2.86. The molecule has 0 bridgehead atoms. The number of nitro benzene ring substituents is 1. The summed E-state index contributed by atoms with van der Waals surface area (Å²) in [5, 5.41) is 23.2. The minimum Gasteiger partial charge on any atom is -0.376 e. The number of nitriles is 1. The van der Waals surface area contributed by atoms with Gasteiger partial charge in [0.15, 0.2) is 0 Å². The van der Waals surface area contributed by atoms with E-state index in [9.17, 15) is 10.1 Å². The van der Waals surface area contributed by atoms with E-state index in [1.54, 1.807) is 12.1 Å². The van der Waals surface area contributed by atoms with Gasteiger partial charge in [0.1, 0.15) is 5.69 Å². The van der Waals surface area contributed by atoms with E-state index in [4.69, 9.17) is 5.26 Å². The molecule has 100 valence electrons. The number of nitrogens with one attached hydrogen (secondary N) is 1. The molecular formula is C14H17N3O2. The van der Waals surface area contributed by atoms with E-state index in [0.29, 0.717) is 23.2 Å². The Morgan fingerprint density at radius 3 is 2.95 bits per heavy atom. The van der Waals surface area contributed by atoms with Gasteiger partial charge in [0, 0.05) is 12.1 Å². The van der Waals surface area contributed by atoms with Crippen molar-refractivity contribution < 1.29 is 4.92 Å². The van der Waals surface area contributed by atoms with Crippen molar-refractivity contribution in [2.75, 3.05) is 5.32 Å². The van der Waals surface area contributed by atoms with Gasteiger partial charge in [-0.2, -0.15) is 5.26 Å². The van der Waals surface area contributed by atoms with Crippen LogP contribution >= 0.6 is 0 Å². The highest BCUT2D eigenvalue weighted by Crippen LogP contribution is 2.33. The van der Waals surface area contributed by atoms with Crippen LogP contribution < -0.4 is 5.32 Å². The third-order valence-corrected chi connectivity index (χ3v) is 3.85. The van der Waals surface area contributed by atoms with Gasteiger partial charge < -0.3 is 5.32 Å². The van der Waals surface area contributed by atoms with E-state index in [-0.39, 0.29) is 5.69 Å². The molecule has 1 fully saturated rings. The maximum Gasteiger partial charge on any atom is 0.293 e. The maximum absolute atomic E-state index is 11.1. The number of anilines is 1. The summed E-state index contributed by atoms with van der Waals surface area (Å²) in [7, 11) is 0. The molecule has 1 aromatic carbocycles. The van der Waals surface area contributed by atoms with Crippen LogP contribution in [-0.4, -0.2) is 11.0 Å². The van der Waals surface area contributed by atoms with E-state index in [2.05, 4.69) is 12.2 Å². The number of hydrogen-bond acceptors (Lipinski definition) is 4. The molecular weight excluding hydrogens is 242 g/mol. The molecule has 5 heteroatoms. The topological polar surface area (TPSA) is 79.0 Å². The standard InChI is InChI=1S/C14H17N3O2/c1-2-11-4-3-5-12(11)16-13-7-6-10(9-15)8-14(13)17(18)19/h6-8,11-12,16H,2-5H2,1H3. The minimum absolute atomic E-state index is 0.0131. The van der Waals surface area contributed by atoms with E-state index < -0.39 is 4.92 Å². The van der Waals surface area contributed by atoms with Crippen LogP contribution in [0.1, 0.15) is 38.2 Å². The van der Waals surface area contributed by atoms with Gasteiger partial charge in [-0.05, 0) is 30.9 Å². The van der Waals surface area contributed by atoms with E-state index in [0.717, 1.165) is 12.8 Å². The van der Waals surface area contributed by atoms with Gasteiger partial charge in [0.05, 0.1) is 16.6 Å². The first kappa shape index (κ1) is 13.3. The fraction of sp³-hybridized carbons (Fsp3) is 0.500. The molecule has 1 aliphatic rings. The summed E-state index contributed by atoms with van der Waals surface area (Å²) in [4.78, 5) is 10.6. The van der Waals surface area contributed by atoms with Gasteiger partial charge in [-0.3, -0.25) is 10.1 Å². The summed E-state index contributed by atoms with van der Waals surface area (Å²) >= 11 is 0. The monoisotopic (exact) mass is 259 g/mol. The highest BCUT2D eigenvalue weighted by Gasteiger charge is 2.27. The van der Waals surface area contributed by atoms with E-state index in [1.165, 1.54) is 18.9 Å². The molecule has 1 aliphatic carbocycles. The van der Waals surface area contributed by atoms with Crippen LogP contribution in [0.2, 0.25) is 0 Å². The van der Waals surface area contributed by atoms with Crippen LogP contribution in [0.4, 0.5) is 11.4 Å². The summed E-state index contributed by atoms with van der Waals surface area (Å²) in [6.45, 7) is 2.15. The fourth-order valence-corrected chi connectivity index (χ4v) is 2.79. The molecule has 0 amide bonds. The molecule has 1 aromatic rings. The number of nitrogens with zero attached hydrogens (tertiary/aromatic N) is 2. The zero-order valence-corrected chi connectivity index (χ0v) is 10.9. The Kier molecular flexibility index (Phi) is 4.00. The van der Waals surface area contributed by atoms with Gasteiger partial charge in [0.25, 0.3) is 5.69 Å². The molecule has 2 rings (SSSR count). The zero-order valence-electron chi connectivity index (χ0n) is 10.9. The quantitative estimate of drug-likeness (QED) is 0.663. The Balaban J connectivity index is 2.25. The maximum atomic E-state index is 11.1. The lowest BCUT2D eigenvalue weighted by Gasteiger charge is -2.20. The van der Waals surface area contributed by atoms with Crippen LogP contribution in [0.5, 0.6) is 0 Å². The second-order valence-corrected chi connectivity index (χ2v) is 4.95. The van der Waals surface area contributed by atoms with Crippen LogP contribution in [0.15, 0.2) is 18.2 Å². The van der Waals surface area contributed by atoms with Gasteiger partial charge in [-0.15, -0.1) is 0 Å². The predicted molar refractivity (Wildman–Crippen MR) is 72.9 cm³/mol. The SMILES string of the molecule is CCC1CCCC1Nc1ccc(C#N)cc1[N+](=O)[O-]. The van der Waals surface area contributed by atoms with Crippen LogP contribution in [0.25, 0.3) is 0 Å². The van der Waals surface area contributed by atoms with Crippen molar-refractivity contribution >= 4 is 11.4 Å². The van der Waals surface area contributed by atoms with Crippen molar-refractivity contribution in [3.05, 3.63) is 33.9 Å². The Hall–Kier alpha value is -2.09. The molecule has 5 nitrogen and oxygen atoms in total. The van der Waals surface area contributed by atoms with Crippen molar-refractivity contribution in [3.8, 4) is 6.07 Å². The first-order chi connectivity index (χ1) is 9.15. The van der Waals surface area contributed by atoms with E-state index >= 15 is 0 Å². The second-order valence-electron chi connectivity index (χ2n) is 4.95. The molecule has 0 spiro atoms. The summed E-state index contributed by atoms with van der Waals surface area (Å²) in [5.74, 6) is 0.579. The fourth-order valence-electron chi connectivity index (χ4n) is 2.79. The Bertz CT molecular complexity index is 522. The van der Waals surface area contributed by atoms with Crippen LogP contribution in [0.3, 0.4) is 0 Å². The van der Waals surface area contributed by atoms with Crippen molar-refractivity contribution in [1.82, 2.24) is 0 Å². The number of benzene rings is 1. The number of nitro groups is 1. The Labute approximate surface area is 112 Å². The highest BCUT2D eigenvalue weighted by molar-refractivity contribution is 5.64. The number of rotatable bonds is 4. The molecule has 1 saturated carbocycles. The summed E-state index contributed by atoms with van der Waals surface area (Å²) in [5.41, 5.74) is 0.825. The molecule has 2 atom stereocenters. The van der Waals surface area contributed by atoms with Crippen LogP contribution in [0, 0.1) is 27.4 Å². The summed E-state index contributed by atoms with van der Waals surface area (Å²) in [6.07, 6.45) is 4.48. The normalized spacial score (nSPS) is 21.9. The largest absolute Gasteiger partial charge is 0.376 e. The van der Waals surface area contributed by atoms with Gasteiger partial charge in [0.2, 0.25) is 0 Å². The molecule has 0 saturated heterocycles. The lowest BCUT2D eigenvalue weighted by atomic mass is 10.00. The van der Waals surface area contributed by atoms with Crippen molar-refractivity contribution in [2.45, 2.75) is 38.6 Å². The molecule has 19 heavy (non-hydrogen) atoms. The minimum atomic E-state index is -0.431. The molecule has 0 aromatic heterocycles. The van der Waals surface area contributed by atoms with Gasteiger partial charge in [-0.1, -0.05) is 19.8 Å². The molecule has 1 N–H and O–H groups in total. The highest BCUT2D eigenvalue weighted by atomic mass is 16.6. The first-order valence-electron chi connectivity index (χ1n) is 6.60. The van der Waals surface area contributed by atoms with Gasteiger partial charge in [-0.25, -0.2) is 0 Å². The zero-order chi connectivity index (χ0) is 13.8.